The highest BCUT2D eigenvalue weighted by atomic mass is 16.6. The fourth-order valence-electron chi connectivity index (χ4n) is 4.44. The van der Waals surface area contributed by atoms with Crippen molar-refractivity contribution < 1.29 is 14.3 Å². The Morgan fingerprint density at radius 2 is 1.87 bits per heavy atom. The molecule has 4 rings (SSSR count). The molecule has 0 saturated carbocycles. The molecule has 2 aliphatic heterocycles. The van der Waals surface area contributed by atoms with Crippen molar-refractivity contribution >= 4 is 17.7 Å². The number of benzene rings is 2. The van der Waals surface area contributed by atoms with Crippen LogP contribution in [0, 0.1) is 13.8 Å². The number of amides is 2. The van der Waals surface area contributed by atoms with Gasteiger partial charge in [-0.15, -0.1) is 0 Å². The Labute approximate surface area is 177 Å². The van der Waals surface area contributed by atoms with Gasteiger partial charge < -0.3 is 19.9 Å². The fraction of sp³-hybridized carbons (Fsp3) is 0.417. The third-order valence-electron chi connectivity index (χ3n) is 6.07. The van der Waals surface area contributed by atoms with Gasteiger partial charge in [0.25, 0.3) is 5.91 Å². The molecule has 158 valence electrons. The van der Waals surface area contributed by atoms with Crippen LogP contribution in [0.2, 0.25) is 0 Å². The van der Waals surface area contributed by atoms with Gasteiger partial charge in [0, 0.05) is 35.9 Å². The van der Waals surface area contributed by atoms with E-state index in [9.17, 15) is 9.59 Å². The van der Waals surface area contributed by atoms with Crippen molar-refractivity contribution in [1.82, 2.24) is 9.80 Å². The first-order valence-corrected chi connectivity index (χ1v) is 10.7. The summed E-state index contributed by atoms with van der Waals surface area (Å²) < 4.78 is 5.13. The molecule has 1 N–H and O–H groups in total. The van der Waals surface area contributed by atoms with Crippen LogP contribution in [0.15, 0.2) is 42.5 Å². The second-order valence-electron chi connectivity index (χ2n) is 8.08. The van der Waals surface area contributed by atoms with Gasteiger partial charge in [-0.05, 0) is 56.9 Å². The zero-order valence-corrected chi connectivity index (χ0v) is 17.9. The molecule has 1 atom stereocenters. The third-order valence-corrected chi connectivity index (χ3v) is 6.07. The largest absolute Gasteiger partial charge is 0.450 e. The molecule has 30 heavy (non-hydrogen) atoms. The van der Waals surface area contributed by atoms with Gasteiger partial charge >= 0.3 is 6.09 Å². The van der Waals surface area contributed by atoms with E-state index in [0.29, 0.717) is 19.7 Å². The first-order chi connectivity index (χ1) is 14.5. The van der Waals surface area contributed by atoms with Gasteiger partial charge in [-0.25, -0.2) is 4.79 Å². The number of likely N-dealkylation sites (tertiary alicyclic amines) is 1. The number of anilines is 1. The predicted molar refractivity (Wildman–Crippen MR) is 117 cm³/mol. The smallest absolute Gasteiger partial charge is 0.409 e. The molecule has 6 heteroatoms. The summed E-state index contributed by atoms with van der Waals surface area (Å²) in [5.41, 5.74) is 5.13. The molecule has 2 aromatic rings. The molecular weight excluding hydrogens is 378 g/mol. The van der Waals surface area contributed by atoms with E-state index in [4.69, 9.17) is 4.74 Å². The van der Waals surface area contributed by atoms with Crippen LogP contribution in [0.25, 0.3) is 0 Å². The zero-order valence-electron chi connectivity index (χ0n) is 17.9. The topological polar surface area (TPSA) is 61.9 Å². The van der Waals surface area contributed by atoms with E-state index in [0.717, 1.165) is 35.2 Å². The second kappa shape index (κ2) is 8.38. The van der Waals surface area contributed by atoms with Crippen LogP contribution in [0.5, 0.6) is 0 Å². The summed E-state index contributed by atoms with van der Waals surface area (Å²) in [6, 6.07) is 14.2. The number of nitrogens with one attached hydrogen (secondary N) is 1. The van der Waals surface area contributed by atoms with Crippen LogP contribution >= 0.6 is 0 Å². The summed E-state index contributed by atoms with van der Waals surface area (Å²) in [4.78, 5) is 29.1. The SMILES string of the molecule is CCOC(=O)N1CCC(N2C(=O)c3ccccc3[C@@H]2Nc2cc(C)ccc2C)CC1. The lowest BCUT2D eigenvalue weighted by atomic mass is 10.0. The van der Waals surface area contributed by atoms with Gasteiger partial charge in [0.1, 0.15) is 6.17 Å². The maximum Gasteiger partial charge on any atom is 0.409 e. The fourth-order valence-corrected chi connectivity index (χ4v) is 4.44. The number of rotatable bonds is 4. The number of hydrogen-bond acceptors (Lipinski definition) is 4. The molecule has 2 aliphatic rings. The van der Waals surface area contributed by atoms with Gasteiger partial charge in [0.05, 0.1) is 6.61 Å². The monoisotopic (exact) mass is 407 g/mol. The summed E-state index contributed by atoms with van der Waals surface area (Å²) in [5, 5.41) is 3.64. The molecule has 0 aromatic heterocycles. The van der Waals surface area contributed by atoms with E-state index in [1.807, 2.05) is 36.1 Å². The first kappa shape index (κ1) is 20.3. The molecule has 1 fully saturated rings. The number of nitrogens with zero attached hydrogens (tertiary/aromatic N) is 2. The maximum absolute atomic E-state index is 13.3. The van der Waals surface area contributed by atoms with Crippen LogP contribution in [0.1, 0.15) is 53.0 Å². The summed E-state index contributed by atoms with van der Waals surface area (Å²) in [6.45, 7) is 7.53. The predicted octanol–water partition coefficient (Wildman–Crippen LogP) is 4.49. The standard InChI is InChI=1S/C24H29N3O3/c1-4-30-24(29)26-13-11-18(12-14-26)27-22(19-7-5-6-8-20(19)23(27)28)25-21-15-16(2)9-10-17(21)3/h5-10,15,18,22,25H,4,11-14H2,1-3H3/t22-/m1/s1. The Bertz CT molecular complexity index is 950. The van der Waals surface area contributed by atoms with Crippen molar-refractivity contribution in [2.45, 2.75) is 45.8 Å². The Morgan fingerprint density at radius 3 is 2.60 bits per heavy atom. The van der Waals surface area contributed by atoms with Crippen molar-refractivity contribution in [2.24, 2.45) is 0 Å². The molecule has 0 radical (unpaired) electrons. The highest BCUT2D eigenvalue weighted by Gasteiger charge is 2.42. The molecule has 2 aromatic carbocycles. The summed E-state index contributed by atoms with van der Waals surface area (Å²) >= 11 is 0. The average Bonchev–Trinajstić information content (AvgIpc) is 3.03. The third kappa shape index (κ3) is 3.74. The molecule has 0 aliphatic carbocycles. The quantitative estimate of drug-likeness (QED) is 0.811. The zero-order chi connectivity index (χ0) is 21.3. The van der Waals surface area contributed by atoms with Gasteiger partial charge in [-0.3, -0.25) is 4.79 Å². The Hall–Kier alpha value is -3.02. The van der Waals surface area contributed by atoms with Crippen LogP contribution < -0.4 is 5.32 Å². The van der Waals surface area contributed by atoms with Crippen LogP contribution in [-0.4, -0.2) is 47.5 Å². The number of carbonyl (C=O) groups excluding carboxylic acids is 2. The lowest BCUT2D eigenvalue weighted by Crippen LogP contribution is -2.49. The van der Waals surface area contributed by atoms with Crippen LogP contribution in [0.3, 0.4) is 0 Å². The Kier molecular flexibility index (Phi) is 5.66. The van der Waals surface area contributed by atoms with Crippen molar-refractivity contribution in [3.05, 3.63) is 64.7 Å². The maximum atomic E-state index is 13.3. The lowest BCUT2D eigenvalue weighted by molar-refractivity contribution is 0.0496. The van der Waals surface area contributed by atoms with E-state index in [1.165, 1.54) is 5.56 Å². The molecular formula is C24H29N3O3. The minimum atomic E-state index is -0.267. The molecule has 2 heterocycles. The summed E-state index contributed by atoms with van der Waals surface area (Å²) in [7, 11) is 0. The number of fused-ring (bicyclic) bond motifs is 1. The molecule has 0 unspecified atom stereocenters. The molecule has 6 nitrogen and oxygen atoms in total. The van der Waals surface area contributed by atoms with E-state index in [-0.39, 0.29) is 24.2 Å². The Morgan fingerprint density at radius 1 is 1.13 bits per heavy atom. The number of aryl methyl sites for hydroxylation is 2. The highest BCUT2D eigenvalue weighted by Crippen LogP contribution is 2.38. The number of hydrogen-bond donors (Lipinski definition) is 1. The van der Waals surface area contributed by atoms with Crippen molar-refractivity contribution in [2.75, 3.05) is 25.0 Å². The van der Waals surface area contributed by atoms with Crippen molar-refractivity contribution in [3.63, 3.8) is 0 Å². The lowest BCUT2D eigenvalue weighted by Gasteiger charge is -2.39. The van der Waals surface area contributed by atoms with E-state index in [2.05, 4.69) is 37.4 Å². The number of ether oxygens (including phenoxy) is 1. The van der Waals surface area contributed by atoms with Crippen LogP contribution in [-0.2, 0) is 4.74 Å². The van der Waals surface area contributed by atoms with E-state index < -0.39 is 0 Å². The first-order valence-electron chi connectivity index (χ1n) is 10.7. The van der Waals surface area contributed by atoms with Gasteiger partial charge in [0.15, 0.2) is 0 Å². The Balaban J connectivity index is 1.59. The average molecular weight is 408 g/mol. The number of piperidine rings is 1. The molecule has 0 spiro atoms. The second-order valence-corrected chi connectivity index (χ2v) is 8.08. The minimum absolute atomic E-state index is 0.0583. The number of carbonyl (C=O) groups is 2. The normalized spacial score (nSPS) is 19.0. The summed E-state index contributed by atoms with van der Waals surface area (Å²) in [6.07, 6.45) is 0.998. The molecule has 0 bridgehead atoms. The van der Waals surface area contributed by atoms with Gasteiger partial charge in [0.2, 0.25) is 0 Å². The van der Waals surface area contributed by atoms with E-state index in [1.54, 1.807) is 4.90 Å². The van der Waals surface area contributed by atoms with E-state index >= 15 is 0 Å². The molecule has 1 saturated heterocycles. The minimum Gasteiger partial charge on any atom is -0.450 e. The highest BCUT2D eigenvalue weighted by molar-refractivity contribution is 5.99. The van der Waals surface area contributed by atoms with Crippen LogP contribution in [0.4, 0.5) is 10.5 Å². The van der Waals surface area contributed by atoms with Gasteiger partial charge in [-0.2, -0.15) is 0 Å². The summed E-state index contributed by atoms with van der Waals surface area (Å²) in [5.74, 6) is 0.0583. The molecule has 2 amide bonds. The van der Waals surface area contributed by atoms with Crippen molar-refractivity contribution in [3.8, 4) is 0 Å². The van der Waals surface area contributed by atoms with Crippen molar-refractivity contribution in [1.29, 1.82) is 0 Å². The van der Waals surface area contributed by atoms with Gasteiger partial charge in [-0.1, -0.05) is 30.3 Å².